The van der Waals surface area contributed by atoms with Gasteiger partial charge in [-0.3, -0.25) is 0 Å². The number of hydrogen-bond donors (Lipinski definition) is 2. The van der Waals surface area contributed by atoms with E-state index in [1.165, 1.54) is 17.3 Å². The van der Waals surface area contributed by atoms with Crippen LogP contribution in [-0.2, 0) is 13.1 Å². The van der Waals surface area contributed by atoms with Gasteiger partial charge in [-0.25, -0.2) is 4.39 Å². The van der Waals surface area contributed by atoms with Gasteiger partial charge in [-0.1, -0.05) is 0 Å². The third kappa shape index (κ3) is 0.906. The predicted octanol–water partition coefficient (Wildman–Crippen LogP) is 1.91. The number of nitrogens with one attached hydrogen (secondary N) is 2. The molecule has 0 atom stereocenters. The van der Waals surface area contributed by atoms with Gasteiger partial charge in [-0.2, -0.15) is 0 Å². The summed E-state index contributed by atoms with van der Waals surface area (Å²) < 4.78 is 12.9. The summed E-state index contributed by atoms with van der Waals surface area (Å²) in [6.07, 6.45) is 0. The Morgan fingerprint density at radius 1 is 1.23 bits per heavy atom. The number of benzene rings is 1. The topological polar surface area (TPSA) is 27.8 Å². The van der Waals surface area contributed by atoms with Crippen LogP contribution in [0, 0.1) is 5.82 Å². The molecule has 0 saturated carbocycles. The highest BCUT2D eigenvalue weighted by Gasteiger charge is 2.15. The standard InChI is InChI=1S/C10H9FN2/c11-6-1-2-7-8-4-12-5-10(8)13-9(7)3-6/h1-3,12-13H,4-5H2. The van der Waals surface area contributed by atoms with Crippen LogP contribution in [0.4, 0.5) is 4.39 Å². The first kappa shape index (κ1) is 7.09. The molecule has 0 aliphatic carbocycles. The molecule has 66 valence electrons. The molecule has 2 heterocycles. The van der Waals surface area contributed by atoms with Crippen LogP contribution in [0.1, 0.15) is 11.3 Å². The van der Waals surface area contributed by atoms with E-state index in [1.807, 2.05) is 6.07 Å². The van der Waals surface area contributed by atoms with Gasteiger partial charge in [-0.15, -0.1) is 0 Å². The minimum Gasteiger partial charge on any atom is -0.357 e. The first-order chi connectivity index (χ1) is 6.34. The van der Waals surface area contributed by atoms with Crippen molar-refractivity contribution in [3.63, 3.8) is 0 Å². The molecule has 1 aromatic heterocycles. The molecule has 13 heavy (non-hydrogen) atoms. The van der Waals surface area contributed by atoms with Crippen molar-refractivity contribution in [2.75, 3.05) is 0 Å². The van der Waals surface area contributed by atoms with E-state index in [1.54, 1.807) is 6.07 Å². The Hall–Kier alpha value is -1.35. The minimum absolute atomic E-state index is 0.180. The Bertz CT molecular complexity index is 473. The van der Waals surface area contributed by atoms with Gasteiger partial charge in [0, 0.05) is 29.7 Å². The van der Waals surface area contributed by atoms with Crippen LogP contribution < -0.4 is 5.32 Å². The molecular formula is C10H9FN2. The highest BCUT2D eigenvalue weighted by atomic mass is 19.1. The zero-order valence-corrected chi connectivity index (χ0v) is 7.02. The van der Waals surface area contributed by atoms with Crippen LogP contribution >= 0.6 is 0 Å². The molecule has 0 saturated heterocycles. The molecule has 0 fully saturated rings. The molecule has 0 amide bonds. The molecule has 0 bridgehead atoms. The molecule has 1 aromatic carbocycles. The Morgan fingerprint density at radius 2 is 2.15 bits per heavy atom. The minimum atomic E-state index is -0.180. The quantitative estimate of drug-likeness (QED) is 0.630. The van der Waals surface area contributed by atoms with Crippen LogP contribution in [0.3, 0.4) is 0 Å². The van der Waals surface area contributed by atoms with E-state index < -0.39 is 0 Å². The first-order valence-electron chi connectivity index (χ1n) is 4.34. The van der Waals surface area contributed by atoms with Gasteiger partial charge in [0.1, 0.15) is 5.82 Å². The van der Waals surface area contributed by atoms with Gasteiger partial charge in [0.2, 0.25) is 0 Å². The van der Waals surface area contributed by atoms with E-state index in [0.717, 1.165) is 24.0 Å². The van der Waals surface area contributed by atoms with Crippen molar-refractivity contribution in [2.24, 2.45) is 0 Å². The van der Waals surface area contributed by atoms with E-state index in [2.05, 4.69) is 10.3 Å². The highest BCUT2D eigenvalue weighted by molar-refractivity contribution is 5.85. The maximum Gasteiger partial charge on any atom is 0.125 e. The monoisotopic (exact) mass is 176 g/mol. The van der Waals surface area contributed by atoms with Crippen molar-refractivity contribution in [1.82, 2.24) is 10.3 Å². The second-order valence-corrected chi connectivity index (χ2v) is 3.38. The molecule has 1 aliphatic heterocycles. The third-order valence-corrected chi connectivity index (χ3v) is 2.56. The number of aromatic amines is 1. The van der Waals surface area contributed by atoms with E-state index >= 15 is 0 Å². The maximum absolute atomic E-state index is 12.9. The van der Waals surface area contributed by atoms with Gasteiger partial charge in [-0.05, 0) is 23.8 Å². The van der Waals surface area contributed by atoms with E-state index in [0.29, 0.717) is 0 Å². The summed E-state index contributed by atoms with van der Waals surface area (Å²) in [5.74, 6) is -0.180. The van der Waals surface area contributed by atoms with Gasteiger partial charge < -0.3 is 10.3 Å². The maximum atomic E-state index is 12.9. The van der Waals surface area contributed by atoms with Crippen LogP contribution in [0.2, 0.25) is 0 Å². The molecule has 0 spiro atoms. The lowest BCUT2D eigenvalue weighted by atomic mass is 10.1. The molecule has 0 unspecified atom stereocenters. The van der Waals surface area contributed by atoms with Crippen molar-refractivity contribution >= 4 is 10.9 Å². The summed E-state index contributed by atoms with van der Waals surface area (Å²) >= 11 is 0. The Morgan fingerprint density at radius 3 is 3.08 bits per heavy atom. The summed E-state index contributed by atoms with van der Waals surface area (Å²) in [5.41, 5.74) is 3.39. The van der Waals surface area contributed by atoms with Crippen molar-refractivity contribution in [1.29, 1.82) is 0 Å². The largest absolute Gasteiger partial charge is 0.357 e. The summed E-state index contributed by atoms with van der Waals surface area (Å²) in [5, 5.41) is 4.39. The fraction of sp³-hybridized carbons (Fsp3) is 0.200. The van der Waals surface area contributed by atoms with Gasteiger partial charge in [0.15, 0.2) is 0 Å². The second kappa shape index (κ2) is 2.33. The van der Waals surface area contributed by atoms with Crippen molar-refractivity contribution < 1.29 is 4.39 Å². The number of H-pyrrole nitrogens is 1. The lowest BCUT2D eigenvalue weighted by molar-refractivity contribution is 0.629. The zero-order valence-electron chi connectivity index (χ0n) is 7.02. The molecule has 0 radical (unpaired) electrons. The molecule has 2 N–H and O–H groups in total. The normalized spacial score (nSPS) is 15.2. The van der Waals surface area contributed by atoms with Crippen molar-refractivity contribution in [3.05, 3.63) is 35.3 Å². The number of rotatable bonds is 0. The molecular weight excluding hydrogens is 167 g/mol. The summed E-state index contributed by atoms with van der Waals surface area (Å²) in [6, 6.07) is 4.90. The van der Waals surface area contributed by atoms with Crippen molar-refractivity contribution in [2.45, 2.75) is 13.1 Å². The van der Waals surface area contributed by atoms with Crippen LogP contribution in [0.5, 0.6) is 0 Å². The van der Waals surface area contributed by atoms with Gasteiger partial charge in [0.25, 0.3) is 0 Å². The fourth-order valence-electron chi connectivity index (χ4n) is 1.95. The predicted molar refractivity (Wildman–Crippen MR) is 48.8 cm³/mol. The number of hydrogen-bond acceptors (Lipinski definition) is 1. The van der Waals surface area contributed by atoms with Gasteiger partial charge in [0.05, 0.1) is 0 Å². The summed E-state index contributed by atoms with van der Waals surface area (Å²) in [7, 11) is 0. The third-order valence-electron chi connectivity index (χ3n) is 2.56. The number of aromatic nitrogens is 1. The van der Waals surface area contributed by atoms with E-state index in [4.69, 9.17) is 0 Å². The molecule has 3 rings (SSSR count). The summed E-state index contributed by atoms with van der Waals surface area (Å²) in [6.45, 7) is 1.76. The number of fused-ring (bicyclic) bond motifs is 3. The average molecular weight is 176 g/mol. The highest BCUT2D eigenvalue weighted by Crippen LogP contribution is 2.26. The first-order valence-corrected chi connectivity index (χ1v) is 4.34. The van der Waals surface area contributed by atoms with Crippen LogP contribution in [-0.4, -0.2) is 4.98 Å². The number of halogens is 1. The fourth-order valence-corrected chi connectivity index (χ4v) is 1.95. The van der Waals surface area contributed by atoms with E-state index in [9.17, 15) is 4.39 Å². The molecule has 3 heteroatoms. The second-order valence-electron chi connectivity index (χ2n) is 3.38. The van der Waals surface area contributed by atoms with Crippen LogP contribution in [0.25, 0.3) is 10.9 Å². The molecule has 1 aliphatic rings. The smallest absolute Gasteiger partial charge is 0.125 e. The van der Waals surface area contributed by atoms with Gasteiger partial charge >= 0.3 is 0 Å². The Kier molecular flexibility index (Phi) is 1.27. The summed E-state index contributed by atoms with van der Waals surface area (Å²) in [4.78, 5) is 3.21. The lowest BCUT2D eigenvalue weighted by Gasteiger charge is -1.93. The molecule has 2 nitrogen and oxygen atoms in total. The SMILES string of the molecule is Fc1ccc2c3c([nH]c2c1)CNC3. The average Bonchev–Trinajstić information content (AvgIpc) is 2.62. The Labute approximate surface area is 74.8 Å². The zero-order chi connectivity index (χ0) is 8.84. The van der Waals surface area contributed by atoms with Crippen molar-refractivity contribution in [3.8, 4) is 0 Å². The Balaban J connectivity index is 2.38. The lowest BCUT2D eigenvalue weighted by Crippen LogP contribution is -2.01. The van der Waals surface area contributed by atoms with Crippen LogP contribution in [0.15, 0.2) is 18.2 Å². The molecule has 2 aromatic rings. The van der Waals surface area contributed by atoms with E-state index in [-0.39, 0.29) is 5.82 Å².